The molecule has 29 heavy (non-hydrogen) atoms. The number of hydrogen-bond acceptors (Lipinski definition) is 5. The first-order valence-electron chi connectivity index (χ1n) is 10.5. The first-order chi connectivity index (χ1) is 14.0. The molecule has 156 valence electrons. The molecule has 2 amide bonds. The van der Waals surface area contributed by atoms with E-state index in [1.807, 2.05) is 0 Å². The number of amides is 2. The molecule has 1 atom stereocenters. The topological polar surface area (TPSA) is 88.4 Å². The molecule has 1 spiro atoms. The highest BCUT2D eigenvalue weighted by Gasteiger charge is 2.44. The van der Waals surface area contributed by atoms with E-state index in [1.54, 1.807) is 6.07 Å². The lowest BCUT2D eigenvalue weighted by Crippen LogP contribution is -2.52. The van der Waals surface area contributed by atoms with E-state index in [9.17, 15) is 4.79 Å². The molecule has 3 N–H and O–H groups in total. The molecule has 1 saturated carbocycles. The van der Waals surface area contributed by atoms with E-state index in [-0.39, 0.29) is 11.4 Å². The van der Waals surface area contributed by atoms with Crippen molar-refractivity contribution in [2.45, 2.75) is 57.5 Å². The highest BCUT2D eigenvalue weighted by atomic mass is 35.5. The predicted molar refractivity (Wildman–Crippen MR) is 111 cm³/mol. The van der Waals surface area contributed by atoms with Crippen molar-refractivity contribution in [2.75, 3.05) is 25.1 Å². The van der Waals surface area contributed by atoms with Crippen LogP contribution in [0.3, 0.4) is 0 Å². The van der Waals surface area contributed by atoms with E-state index >= 15 is 0 Å². The SMILES string of the molecule is CC1(CNCc2nc3cc(Cl)c4c(c3o2)C2(CCCCC2)NC(=O)N4)CCOC1. The van der Waals surface area contributed by atoms with Crippen molar-refractivity contribution in [3.8, 4) is 0 Å². The van der Waals surface area contributed by atoms with Gasteiger partial charge in [-0.25, -0.2) is 9.78 Å². The van der Waals surface area contributed by atoms with Crippen LogP contribution in [0.2, 0.25) is 5.02 Å². The molecule has 1 aromatic heterocycles. The van der Waals surface area contributed by atoms with E-state index < -0.39 is 5.54 Å². The van der Waals surface area contributed by atoms with Crippen LogP contribution in [0.1, 0.15) is 56.9 Å². The number of nitrogens with one attached hydrogen (secondary N) is 3. The van der Waals surface area contributed by atoms with E-state index in [2.05, 4.69) is 27.9 Å². The van der Waals surface area contributed by atoms with Crippen LogP contribution in [0.4, 0.5) is 10.5 Å². The van der Waals surface area contributed by atoms with Gasteiger partial charge < -0.3 is 25.1 Å². The number of urea groups is 1. The van der Waals surface area contributed by atoms with Gasteiger partial charge in [0, 0.05) is 24.1 Å². The summed E-state index contributed by atoms with van der Waals surface area (Å²) in [5.41, 5.74) is 2.81. The lowest BCUT2D eigenvalue weighted by Gasteiger charge is -2.42. The highest BCUT2D eigenvalue weighted by molar-refractivity contribution is 6.35. The van der Waals surface area contributed by atoms with Gasteiger partial charge in [-0.05, 0) is 25.3 Å². The minimum absolute atomic E-state index is 0.162. The van der Waals surface area contributed by atoms with Gasteiger partial charge in [0.05, 0.1) is 29.4 Å². The van der Waals surface area contributed by atoms with Crippen molar-refractivity contribution in [3.05, 3.63) is 22.5 Å². The smallest absolute Gasteiger partial charge is 0.319 e. The Balaban J connectivity index is 1.48. The molecule has 0 bridgehead atoms. The molecule has 1 aromatic carbocycles. The summed E-state index contributed by atoms with van der Waals surface area (Å²) in [5, 5.41) is 10.0. The Bertz CT molecular complexity index is 945. The van der Waals surface area contributed by atoms with E-state index in [4.69, 9.17) is 20.8 Å². The number of nitrogens with zero attached hydrogens (tertiary/aromatic N) is 1. The third kappa shape index (κ3) is 3.39. The number of carbonyl (C=O) groups is 1. The van der Waals surface area contributed by atoms with Crippen LogP contribution >= 0.6 is 11.6 Å². The quantitative estimate of drug-likeness (QED) is 0.689. The van der Waals surface area contributed by atoms with Gasteiger partial charge in [0.15, 0.2) is 5.58 Å². The number of hydrogen-bond donors (Lipinski definition) is 3. The molecule has 2 aromatic rings. The average Bonchev–Trinajstić information content (AvgIpc) is 3.28. The molecule has 2 aliphatic heterocycles. The maximum atomic E-state index is 12.3. The number of fused-ring (bicyclic) bond motifs is 4. The number of aromatic nitrogens is 1. The number of anilines is 1. The van der Waals surface area contributed by atoms with E-state index in [0.29, 0.717) is 23.1 Å². The molecule has 2 fully saturated rings. The van der Waals surface area contributed by atoms with Gasteiger partial charge in [-0.1, -0.05) is 37.8 Å². The van der Waals surface area contributed by atoms with Gasteiger partial charge in [-0.2, -0.15) is 0 Å². The first kappa shape index (κ1) is 19.2. The minimum atomic E-state index is -0.433. The number of oxazole rings is 1. The first-order valence-corrected chi connectivity index (χ1v) is 10.9. The third-order valence-corrected chi connectivity index (χ3v) is 6.88. The molecule has 8 heteroatoms. The molecule has 3 aliphatic rings. The number of ether oxygens (including phenoxy) is 1. The van der Waals surface area contributed by atoms with Gasteiger partial charge in [0.25, 0.3) is 0 Å². The van der Waals surface area contributed by atoms with Crippen molar-refractivity contribution in [1.82, 2.24) is 15.6 Å². The zero-order chi connectivity index (χ0) is 20.1. The Morgan fingerprint density at radius 3 is 2.86 bits per heavy atom. The van der Waals surface area contributed by atoms with Gasteiger partial charge in [0.2, 0.25) is 5.89 Å². The van der Waals surface area contributed by atoms with Gasteiger partial charge in [-0.15, -0.1) is 0 Å². The van der Waals surface area contributed by atoms with Crippen molar-refractivity contribution in [1.29, 1.82) is 0 Å². The zero-order valence-corrected chi connectivity index (χ0v) is 17.5. The zero-order valence-electron chi connectivity index (χ0n) is 16.7. The second kappa shape index (κ2) is 7.15. The summed E-state index contributed by atoms with van der Waals surface area (Å²) in [5.74, 6) is 0.634. The van der Waals surface area contributed by atoms with Crippen LogP contribution in [0.15, 0.2) is 10.5 Å². The summed E-state index contributed by atoms with van der Waals surface area (Å²) in [6, 6.07) is 1.59. The van der Waals surface area contributed by atoms with E-state index in [0.717, 1.165) is 68.5 Å². The van der Waals surface area contributed by atoms with E-state index in [1.165, 1.54) is 6.42 Å². The summed E-state index contributed by atoms with van der Waals surface area (Å²) in [7, 11) is 0. The number of halogens is 1. The van der Waals surface area contributed by atoms with Crippen LogP contribution < -0.4 is 16.0 Å². The molecule has 5 rings (SSSR count). The van der Waals surface area contributed by atoms with Crippen molar-refractivity contribution < 1.29 is 13.9 Å². The lowest BCUT2D eigenvalue weighted by atomic mass is 9.74. The minimum Gasteiger partial charge on any atom is -0.439 e. The summed E-state index contributed by atoms with van der Waals surface area (Å²) in [6.07, 6.45) is 6.14. The Kier molecular flexibility index (Phi) is 4.72. The molecular formula is C21H27ClN4O3. The van der Waals surface area contributed by atoms with Crippen LogP contribution in [-0.2, 0) is 16.8 Å². The standard InChI is InChI=1S/C21H27ClN4O3/c1-20(7-8-28-12-20)11-23-10-15-24-14-9-13(22)17-16(18(14)29-15)21(26-19(27)25-17)5-3-2-4-6-21/h9,23H,2-8,10-12H2,1H3,(H2,25,26,27). The predicted octanol–water partition coefficient (Wildman–Crippen LogP) is 4.29. The largest absolute Gasteiger partial charge is 0.439 e. The fourth-order valence-electron chi connectivity index (χ4n) is 5.01. The summed E-state index contributed by atoms with van der Waals surface area (Å²) in [6.45, 7) is 5.24. The Morgan fingerprint density at radius 1 is 1.28 bits per heavy atom. The lowest BCUT2D eigenvalue weighted by molar-refractivity contribution is 0.157. The summed E-state index contributed by atoms with van der Waals surface area (Å²) in [4.78, 5) is 17.0. The van der Waals surface area contributed by atoms with Crippen LogP contribution in [0, 0.1) is 5.41 Å². The van der Waals surface area contributed by atoms with Gasteiger partial charge >= 0.3 is 6.03 Å². The molecule has 7 nitrogen and oxygen atoms in total. The van der Waals surface area contributed by atoms with Crippen molar-refractivity contribution in [2.24, 2.45) is 5.41 Å². The fraction of sp³-hybridized carbons (Fsp3) is 0.619. The number of rotatable bonds is 4. The Labute approximate surface area is 174 Å². The van der Waals surface area contributed by atoms with Gasteiger partial charge in [0.1, 0.15) is 5.52 Å². The molecular weight excluding hydrogens is 392 g/mol. The molecule has 1 saturated heterocycles. The third-order valence-electron chi connectivity index (χ3n) is 6.58. The van der Waals surface area contributed by atoms with Crippen molar-refractivity contribution >= 4 is 34.4 Å². The molecule has 3 heterocycles. The second-order valence-electron chi connectivity index (χ2n) is 9.00. The number of carbonyl (C=O) groups excluding carboxylic acids is 1. The normalized spacial score (nSPS) is 25.8. The van der Waals surface area contributed by atoms with Crippen LogP contribution in [-0.4, -0.2) is 30.8 Å². The Hall–Kier alpha value is -1.83. The maximum Gasteiger partial charge on any atom is 0.319 e. The van der Waals surface area contributed by atoms with Crippen LogP contribution in [0.5, 0.6) is 0 Å². The number of benzene rings is 1. The van der Waals surface area contributed by atoms with Gasteiger partial charge in [-0.3, -0.25) is 0 Å². The highest BCUT2D eigenvalue weighted by Crippen LogP contribution is 2.48. The maximum absolute atomic E-state index is 12.3. The monoisotopic (exact) mass is 418 g/mol. The Morgan fingerprint density at radius 2 is 2.10 bits per heavy atom. The summed E-state index contributed by atoms with van der Waals surface area (Å²) >= 11 is 6.55. The molecule has 0 radical (unpaired) electrons. The van der Waals surface area contributed by atoms with Crippen molar-refractivity contribution in [3.63, 3.8) is 0 Å². The average molecular weight is 419 g/mol. The van der Waals surface area contributed by atoms with Crippen LogP contribution in [0.25, 0.3) is 11.1 Å². The molecule has 1 aliphatic carbocycles. The fourth-order valence-corrected chi connectivity index (χ4v) is 5.25. The second-order valence-corrected chi connectivity index (χ2v) is 9.41. The summed E-state index contributed by atoms with van der Waals surface area (Å²) < 4.78 is 11.8. The molecule has 1 unspecified atom stereocenters.